The number of piperidine rings is 1. The van der Waals surface area contributed by atoms with Crippen molar-refractivity contribution in [2.75, 3.05) is 13.1 Å². The molecular weight excluding hydrogens is 214 g/mol. The summed E-state index contributed by atoms with van der Waals surface area (Å²) in [4.78, 5) is 0. The molecule has 0 aliphatic carbocycles. The van der Waals surface area contributed by atoms with Gasteiger partial charge in [0.05, 0.1) is 6.07 Å². The molecule has 1 fully saturated rings. The Morgan fingerprint density at radius 2 is 2.00 bits per heavy atom. The van der Waals surface area contributed by atoms with Gasteiger partial charge in [0.2, 0.25) is 10.0 Å². The zero-order valence-corrected chi connectivity index (χ0v) is 9.89. The summed E-state index contributed by atoms with van der Waals surface area (Å²) in [6, 6.07) is 1.75. The van der Waals surface area contributed by atoms with Gasteiger partial charge in [0.1, 0.15) is 0 Å². The van der Waals surface area contributed by atoms with Crippen molar-refractivity contribution in [3.63, 3.8) is 0 Å². The van der Waals surface area contributed by atoms with Crippen molar-refractivity contribution >= 4 is 10.0 Å². The summed E-state index contributed by atoms with van der Waals surface area (Å²) >= 11 is 0. The zero-order chi connectivity index (χ0) is 11.5. The Morgan fingerprint density at radius 3 is 2.47 bits per heavy atom. The number of hydrogen-bond acceptors (Lipinski definition) is 4. The summed E-state index contributed by atoms with van der Waals surface area (Å²) in [6.07, 6.45) is 1.51. The first kappa shape index (κ1) is 12.4. The molecule has 0 aromatic rings. The first-order valence-electron chi connectivity index (χ1n) is 5.03. The number of rotatable bonds is 3. The predicted molar refractivity (Wildman–Crippen MR) is 57.6 cm³/mol. The van der Waals surface area contributed by atoms with Gasteiger partial charge in [-0.2, -0.15) is 5.26 Å². The van der Waals surface area contributed by atoms with Gasteiger partial charge in [-0.05, 0) is 39.8 Å². The average Bonchev–Trinajstić information content (AvgIpc) is 2.16. The average molecular weight is 231 g/mol. The fraction of sp³-hybridized carbons (Fsp3) is 0.889. The van der Waals surface area contributed by atoms with Gasteiger partial charge in [0.25, 0.3) is 0 Å². The molecule has 1 aliphatic rings. The van der Waals surface area contributed by atoms with E-state index in [4.69, 9.17) is 5.26 Å². The first-order chi connectivity index (χ1) is 6.90. The molecule has 1 aliphatic heterocycles. The van der Waals surface area contributed by atoms with Crippen molar-refractivity contribution in [2.24, 2.45) is 0 Å². The maximum absolute atomic E-state index is 11.7. The maximum Gasteiger partial charge on any atom is 0.228 e. The van der Waals surface area contributed by atoms with E-state index in [9.17, 15) is 8.42 Å². The Morgan fingerprint density at radius 1 is 1.47 bits per heavy atom. The normalized spacial score (nSPS) is 23.0. The second kappa shape index (κ2) is 4.47. The monoisotopic (exact) mass is 231 g/mol. The van der Waals surface area contributed by atoms with Crippen molar-refractivity contribution < 1.29 is 8.42 Å². The molecule has 6 heteroatoms. The summed E-state index contributed by atoms with van der Waals surface area (Å²) < 4.78 is 26.0. The number of hydrogen-bond donors (Lipinski definition) is 2. The quantitative estimate of drug-likeness (QED) is 0.714. The molecule has 1 rings (SSSR count). The van der Waals surface area contributed by atoms with Gasteiger partial charge < -0.3 is 5.32 Å². The van der Waals surface area contributed by atoms with Gasteiger partial charge in [0, 0.05) is 5.54 Å². The van der Waals surface area contributed by atoms with Crippen LogP contribution in [-0.4, -0.2) is 32.3 Å². The van der Waals surface area contributed by atoms with E-state index in [1.807, 2.05) is 6.92 Å². The lowest BCUT2D eigenvalue weighted by atomic mass is 9.92. The molecule has 0 saturated carbocycles. The van der Waals surface area contributed by atoms with E-state index in [0.717, 1.165) is 25.9 Å². The number of sulfonamides is 1. The summed E-state index contributed by atoms with van der Waals surface area (Å²) in [5.41, 5.74) is -0.408. The molecule has 0 aromatic carbocycles. The molecule has 86 valence electrons. The van der Waals surface area contributed by atoms with Crippen LogP contribution in [0.5, 0.6) is 0 Å². The topological polar surface area (TPSA) is 82.0 Å². The van der Waals surface area contributed by atoms with Crippen molar-refractivity contribution in [1.82, 2.24) is 10.0 Å². The largest absolute Gasteiger partial charge is 0.317 e. The number of nitriles is 1. The first-order valence-corrected chi connectivity index (χ1v) is 6.57. The van der Waals surface area contributed by atoms with Crippen LogP contribution in [0.15, 0.2) is 0 Å². The molecule has 5 nitrogen and oxygen atoms in total. The van der Waals surface area contributed by atoms with Crippen molar-refractivity contribution in [2.45, 2.75) is 37.5 Å². The van der Waals surface area contributed by atoms with Gasteiger partial charge in [-0.15, -0.1) is 0 Å². The smallest absolute Gasteiger partial charge is 0.228 e. The van der Waals surface area contributed by atoms with Gasteiger partial charge >= 0.3 is 0 Å². The van der Waals surface area contributed by atoms with Crippen LogP contribution in [0.3, 0.4) is 0 Å². The third-order valence-electron chi connectivity index (χ3n) is 2.74. The highest BCUT2D eigenvalue weighted by molar-refractivity contribution is 7.90. The molecule has 0 spiro atoms. The lowest BCUT2D eigenvalue weighted by Gasteiger charge is -2.34. The Bertz CT molecular complexity index is 352. The minimum atomic E-state index is -3.51. The summed E-state index contributed by atoms with van der Waals surface area (Å²) in [7, 11) is -3.51. The van der Waals surface area contributed by atoms with Crippen LogP contribution in [0.1, 0.15) is 26.7 Å². The van der Waals surface area contributed by atoms with E-state index in [0.29, 0.717) is 0 Å². The number of nitrogens with one attached hydrogen (secondary N) is 2. The lowest BCUT2D eigenvalue weighted by molar-refractivity contribution is 0.307. The Hall–Kier alpha value is -0.640. The van der Waals surface area contributed by atoms with E-state index in [1.54, 1.807) is 6.07 Å². The molecule has 0 amide bonds. The number of nitrogens with zero attached hydrogens (tertiary/aromatic N) is 1. The van der Waals surface area contributed by atoms with E-state index in [1.165, 1.54) is 6.92 Å². The fourth-order valence-electron chi connectivity index (χ4n) is 1.58. The fourth-order valence-corrected chi connectivity index (χ4v) is 2.79. The van der Waals surface area contributed by atoms with Crippen LogP contribution >= 0.6 is 0 Å². The third-order valence-corrected chi connectivity index (χ3v) is 4.56. The van der Waals surface area contributed by atoms with Gasteiger partial charge in [-0.3, -0.25) is 0 Å². The highest BCUT2D eigenvalue weighted by atomic mass is 32.2. The van der Waals surface area contributed by atoms with Crippen LogP contribution in [0, 0.1) is 11.3 Å². The third kappa shape index (κ3) is 3.16. The molecular formula is C9H17N3O2S. The molecule has 15 heavy (non-hydrogen) atoms. The SMILES string of the molecule is CC(C#N)S(=O)(=O)NC1(C)CCNCC1. The van der Waals surface area contributed by atoms with Gasteiger partial charge in [0.15, 0.2) is 5.25 Å². The minimum Gasteiger partial charge on any atom is -0.317 e. The molecule has 1 atom stereocenters. The molecule has 0 aromatic heterocycles. The highest BCUT2D eigenvalue weighted by Crippen LogP contribution is 2.19. The maximum atomic E-state index is 11.7. The van der Waals surface area contributed by atoms with Crippen LogP contribution in [0.4, 0.5) is 0 Å². The molecule has 1 saturated heterocycles. The van der Waals surface area contributed by atoms with Crippen molar-refractivity contribution in [3.05, 3.63) is 0 Å². The van der Waals surface area contributed by atoms with E-state index in [2.05, 4.69) is 10.0 Å². The minimum absolute atomic E-state index is 0.408. The van der Waals surface area contributed by atoms with Crippen LogP contribution in [0.25, 0.3) is 0 Å². The lowest BCUT2D eigenvalue weighted by Crippen LogP contribution is -2.53. The van der Waals surface area contributed by atoms with Crippen LogP contribution < -0.4 is 10.0 Å². The Balaban J connectivity index is 2.72. The second-order valence-corrected chi connectivity index (χ2v) is 6.23. The van der Waals surface area contributed by atoms with Crippen LogP contribution in [0.2, 0.25) is 0 Å². The summed E-state index contributed by atoms with van der Waals surface area (Å²) in [5.74, 6) is 0. The molecule has 0 bridgehead atoms. The standard InChI is InChI=1S/C9H17N3O2S/c1-8(7-10)15(13,14)12-9(2)3-5-11-6-4-9/h8,11-12H,3-6H2,1-2H3. The molecule has 1 heterocycles. The summed E-state index contributed by atoms with van der Waals surface area (Å²) in [5, 5.41) is 10.8. The highest BCUT2D eigenvalue weighted by Gasteiger charge is 2.33. The van der Waals surface area contributed by atoms with Crippen molar-refractivity contribution in [1.29, 1.82) is 5.26 Å². The van der Waals surface area contributed by atoms with Gasteiger partial charge in [-0.1, -0.05) is 0 Å². The molecule has 1 unspecified atom stereocenters. The van der Waals surface area contributed by atoms with E-state index in [-0.39, 0.29) is 0 Å². The zero-order valence-electron chi connectivity index (χ0n) is 9.08. The molecule has 0 radical (unpaired) electrons. The van der Waals surface area contributed by atoms with Crippen LogP contribution in [-0.2, 0) is 10.0 Å². The molecule has 2 N–H and O–H groups in total. The predicted octanol–water partition coefficient (Wildman–Crippen LogP) is -0.0400. The van der Waals surface area contributed by atoms with E-state index < -0.39 is 20.8 Å². The van der Waals surface area contributed by atoms with E-state index >= 15 is 0 Å². The Labute approximate surface area is 90.9 Å². The second-order valence-electron chi connectivity index (χ2n) is 4.23. The Kier molecular flexibility index (Phi) is 3.71. The van der Waals surface area contributed by atoms with Gasteiger partial charge in [-0.25, -0.2) is 13.1 Å². The summed E-state index contributed by atoms with van der Waals surface area (Å²) in [6.45, 7) is 4.89. The van der Waals surface area contributed by atoms with Crippen molar-refractivity contribution in [3.8, 4) is 6.07 Å².